The van der Waals surface area contributed by atoms with Gasteiger partial charge in [-0.05, 0) is 35.7 Å². The van der Waals surface area contributed by atoms with Gasteiger partial charge in [0.05, 0.1) is 25.1 Å². The first-order valence-electron chi connectivity index (χ1n) is 13.2. The molecule has 0 radical (unpaired) electrons. The summed E-state index contributed by atoms with van der Waals surface area (Å²) in [4.78, 5) is 50.3. The van der Waals surface area contributed by atoms with Crippen molar-refractivity contribution >= 4 is 17.7 Å². The summed E-state index contributed by atoms with van der Waals surface area (Å²) < 4.78 is 33.5. The third kappa shape index (κ3) is 6.24. The lowest BCUT2D eigenvalue weighted by molar-refractivity contribution is -0.130. The van der Waals surface area contributed by atoms with Crippen LogP contribution in [-0.4, -0.2) is 76.8 Å². The Morgan fingerprint density at radius 2 is 1.88 bits per heavy atom. The van der Waals surface area contributed by atoms with Crippen LogP contribution in [0, 0.1) is 17.6 Å². The van der Waals surface area contributed by atoms with Crippen LogP contribution in [0.15, 0.2) is 61.1 Å². The molecule has 2 aromatic heterocycles. The summed E-state index contributed by atoms with van der Waals surface area (Å²) in [6.45, 7) is 1.42. The zero-order valence-electron chi connectivity index (χ0n) is 21.8. The number of amides is 3. The van der Waals surface area contributed by atoms with Crippen LogP contribution >= 0.6 is 0 Å². The molecule has 2 bridgehead atoms. The molecule has 3 amide bonds. The molecule has 2 aliphatic rings. The Kier molecular flexibility index (Phi) is 8.28. The first-order valence-corrected chi connectivity index (χ1v) is 13.2. The summed E-state index contributed by atoms with van der Waals surface area (Å²) in [6, 6.07) is 11.6. The Hall–Kier alpha value is -4.41. The fourth-order valence-corrected chi connectivity index (χ4v) is 5.16. The van der Waals surface area contributed by atoms with Gasteiger partial charge in [0.2, 0.25) is 11.8 Å². The Labute approximate surface area is 230 Å². The number of benzene rings is 1. The molecule has 1 N–H and O–H groups in total. The van der Waals surface area contributed by atoms with Crippen LogP contribution in [0.4, 0.5) is 8.78 Å². The Bertz CT molecular complexity index is 1390. The van der Waals surface area contributed by atoms with Gasteiger partial charge in [-0.25, -0.2) is 13.8 Å². The third-order valence-corrected chi connectivity index (χ3v) is 7.21. The van der Waals surface area contributed by atoms with Gasteiger partial charge in [-0.2, -0.15) is 0 Å². The van der Waals surface area contributed by atoms with Gasteiger partial charge in [-0.15, -0.1) is 0 Å². The molecule has 0 aliphatic carbocycles. The quantitative estimate of drug-likeness (QED) is 0.539. The van der Waals surface area contributed by atoms with Crippen molar-refractivity contribution in [2.75, 3.05) is 39.3 Å². The van der Waals surface area contributed by atoms with Gasteiger partial charge in [0.25, 0.3) is 5.91 Å². The van der Waals surface area contributed by atoms with Crippen molar-refractivity contribution in [2.24, 2.45) is 5.92 Å². The third-order valence-electron chi connectivity index (χ3n) is 7.21. The van der Waals surface area contributed by atoms with E-state index >= 15 is 0 Å². The van der Waals surface area contributed by atoms with Gasteiger partial charge >= 0.3 is 0 Å². The molecule has 4 heterocycles. The molecule has 1 saturated heterocycles. The number of halogens is 2. The Morgan fingerprint density at radius 3 is 2.67 bits per heavy atom. The number of hydrogen-bond acceptors (Lipinski definition) is 6. The van der Waals surface area contributed by atoms with Crippen molar-refractivity contribution in [2.45, 2.75) is 18.8 Å². The monoisotopic (exact) mass is 549 g/mol. The molecule has 9 nitrogen and oxygen atoms in total. The van der Waals surface area contributed by atoms with Gasteiger partial charge in [0, 0.05) is 50.6 Å². The minimum Gasteiger partial charge on any atom is -0.492 e. The van der Waals surface area contributed by atoms with Crippen molar-refractivity contribution in [1.82, 2.24) is 25.1 Å². The maximum Gasteiger partial charge on any atom is 0.275 e. The lowest BCUT2D eigenvalue weighted by Crippen LogP contribution is -2.40. The predicted molar refractivity (Wildman–Crippen MR) is 140 cm³/mol. The highest BCUT2D eigenvalue weighted by molar-refractivity contribution is 5.92. The molecule has 0 unspecified atom stereocenters. The maximum absolute atomic E-state index is 14.3. The lowest BCUT2D eigenvalue weighted by atomic mass is 9.88. The Balaban J connectivity index is 1.33. The number of carbonyl (C=O) groups excluding carboxylic acids is 3. The molecule has 208 valence electrons. The first-order chi connectivity index (χ1) is 19.4. The topological polar surface area (TPSA) is 105 Å². The Morgan fingerprint density at radius 1 is 1.02 bits per heavy atom. The predicted octanol–water partition coefficient (Wildman–Crippen LogP) is 2.58. The SMILES string of the molecule is O=C1NCCCN(C(=O)c2ncc(F)cc2F)CCOc2cccc(c2)[C@H]2CN(C(=O)Cc3cccnc3)C[C@H]12. The fraction of sp³-hybridized carbons (Fsp3) is 0.345. The van der Waals surface area contributed by atoms with E-state index in [2.05, 4.69) is 15.3 Å². The van der Waals surface area contributed by atoms with E-state index in [4.69, 9.17) is 4.74 Å². The van der Waals surface area contributed by atoms with E-state index in [9.17, 15) is 23.2 Å². The van der Waals surface area contributed by atoms with Crippen LogP contribution in [0.3, 0.4) is 0 Å². The highest BCUT2D eigenvalue weighted by Gasteiger charge is 2.40. The van der Waals surface area contributed by atoms with Crippen molar-refractivity contribution in [3.05, 3.63) is 89.5 Å². The van der Waals surface area contributed by atoms with E-state index in [1.807, 2.05) is 24.3 Å². The molecule has 0 saturated carbocycles. The summed E-state index contributed by atoms with van der Waals surface area (Å²) in [5.74, 6) is -2.99. The maximum atomic E-state index is 14.3. The summed E-state index contributed by atoms with van der Waals surface area (Å²) >= 11 is 0. The van der Waals surface area contributed by atoms with Crippen LogP contribution in [0.2, 0.25) is 0 Å². The molecule has 0 spiro atoms. The molecular formula is C29H29F2N5O4. The lowest BCUT2D eigenvalue weighted by Gasteiger charge is -2.24. The zero-order valence-corrected chi connectivity index (χ0v) is 21.8. The van der Waals surface area contributed by atoms with Crippen molar-refractivity contribution in [3.63, 3.8) is 0 Å². The average Bonchev–Trinajstić information content (AvgIpc) is 3.40. The number of hydrogen-bond donors (Lipinski definition) is 1. The number of rotatable bonds is 3. The normalized spacial score (nSPS) is 19.7. The molecule has 5 rings (SSSR count). The van der Waals surface area contributed by atoms with Crippen molar-refractivity contribution < 1.29 is 27.9 Å². The van der Waals surface area contributed by atoms with Gasteiger partial charge < -0.3 is 19.9 Å². The average molecular weight is 550 g/mol. The highest BCUT2D eigenvalue weighted by Crippen LogP contribution is 2.35. The second-order valence-electron chi connectivity index (χ2n) is 9.89. The number of nitrogens with zero attached hydrogens (tertiary/aromatic N) is 4. The molecule has 11 heteroatoms. The van der Waals surface area contributed by atoms with Crippen LogP contribution in [-0.2, 0) is 16.0 Å². The molecule has 3 aromatic rings. The summed E-state index contributed by atoms with van der Waals surface area (Å²) in [5.41, 5.74) is 1.20. The van der Waals surface area contributed by atoms with E-state index < -0.39 is 29.2 Å². The van der Waals surface area contributed by atoms with Gasteiger partial charge in [0.1, 0.15) is 18.2 Å². The van der Waals surface area contributed by atoms with Crippen molar-refractivity contribution in [3.8, 4) is 5.75 Å². The number of carbonyl (C=O) groups is 3. The minimum atomic E-state index is -1.04. The summed E-state index contributed by atoms with van der Waals surface area (Å²) in [6.07, 6.45) is 4.70. The largest absolute Gasteiger partial charge is 0.492 e. The number of pyridine rings is 2. The number of fused-ring (bicyclic) bond motifs is 4. The van der Waals surface area contributed by atoms with Crippen LogP contribution in [0.5, 0.6) is 5.75 Å². The number of aromatic nitrogens is 2. The fourth-order valence-electron chi connectivity index (χ4n) is 5.16. The highest BCUT2D eigenvalue weighted by atomic mass is 19.1. The minimum absolute atomic E-state index is 0.0746. The molecule has 2 atom stereocenters. The van der Waals surface area contributed by atoms with E-state index in [0.29, 0.717) is 24.8 Å². The van der Waals surface area contributed by atoms with Crippen molar-refractivity contribution in [1.29, 1.82) is 0 Å². The summed E-state index contributed by atoms with van der Waals surface area (Å²) in [7, 11) is 0. The van der Waals surface area contributed by atoms with Crippen LogP contribution < -0.4 is 10.1 Å². The zero-order chi connectivity index (χ0) is 28.1. The van der Waals surface area contributed by atoms with Gasteiger partial charge in [0.15, 0.2) is 11.5 Å². The van der Waals surface area contributed by atoms with Gasteiger partial charge in [-0.3, -0.25) is 19.4 Å². The number of nitrogens with one attached hydrogen (secondary N) is 1. The van der Waals surface area contributed by atoms with E-state index in [1.165, 1.54) is 4.90 Å². The summed E-state index contributed by atoms with van der Waals surface area (Å²) in [5, 5.41) is 2.95. The number of ether oxygens (including phenoxy) is 1. The van der Waals surface area contributed by atoms with E-state index in [1.54, 1.807) is 29.4 Å². The van der Waals surface area contributed by atoms with Crippen LogP contribution in [0.1, 0.15) is 34.0 Å². The second kappa shape index (κ2) is 12.2. The van der Waals surface area contributed by atoms with Gasteiger partial charge in [-0.1, -0.05) is 18.2 Å². The molecule has 2 aliphatic heterocycles. The van der Waals surface area contributed by atoms with Crippen LogP contribution in [0.25, 0.3) is 0 Å². The second-order valence-corrected chi connectivity index (χ2v) is 9.89. The molecule has 1 aromatic carbocycles. The van der Waals surface area contributed by atoms with E-state index in [0.717, 1.165) is 17.3 Å². The molecular weight excluding hydrogens is 520 g/mol. The van der Waals surface area contributed by atoms with E-state index in [-0.39, 0.29) is 56.9 Å². The molecule has 1 fully saturated rings. The standard InChI is InChI=1S/C29H29F2N5O4/c30-21-14-25(31)27(34-16-21)29(39)35-9-3-8-33-28(38)24-18-36(26(37)12-19-4-2-7-32-15-19)17-23(24)20-5-1-6-22(13-20)40-11-10-35/h1-2,4-7,13-16,23-24H,3,8-12,17-18H2,(H,33,38)/t23-,24+/m1/s1. The number of likely N-dealkylation sites (tertiary alicyclic amines) is 1. The smallest absolute Gasteiger partial charge is 0.275 e. The first kappa shape index (κ1) is 27.2. The molecule has 40 heavy (non-hydrogen) atoms.